The first-order chi connectivity index (χ1) is 7.84. The molecule has 1 fully saturated rings. The number of benzene rings is 1. The van der Waals surface area contributed by atoms with Gasteiger partial charge in [0, 0.05) is 19.1 Å². The van der Waals surface area contributed by atoms with Crippen molar-refractivity contribution in [3.8, 4) is 0 Å². The molecule has 1 saturated heterocycles. The number of rotatable bonds is 1. The largest absolute Gasteiger partial charge is 0.328 e. The summed E-state index contributed by atoms with van der Waals surface area (Å²) in [5, 5.41) is 0. The predicted octanol–water partition coefficient (Wildman–Crippen LogP) is 2.18. The Labute approximate surface area is 96.7 Å². The van der Waals surface area contributed by atoms with E-state index in [1.807, 2.05) is 0 Å². The molecule has 0 spiro atoms. The summed E-state index contributed by atoms with van der Waals surface area (Å²) in [5.74, 6) is 0. The molecule has 2 heteroatoms. The van der Waals surface area contributed by atoms with E-state index in [0.717, 1.165) is 25.9 Å². The molecule has 1 aliphatic heterocycles. The molecule has 0 radical (unpaired) electrons. The summed E-state index contributed by atoms with van der Waals surface area (Å²) in [6.45, 7) is 2.26. The SMILES string of the molecule is NC1CCN(C2C=Cc3ccccc32)CC1. The van der Waals surface area contributed by atoms with E-state index in [-0.39, 0.29) is 0 Å². The van der Waals surface area contributed by atoms with Gasteiger partial charge in [0.25, 0.3) is 0 Å². The average molecular weight is 214 g/mol. The summed E-state index contributed by atoms with van der Waals surface area (Å²) < 4.78 is 0. The minimum Gasteiger partial charge on any atom is -0.328 e. The average Bonchev–Trinajstić information content (AvgIpc) is 2.74. The van der Waals surface area contributed by atoms with Gasteiger partial charge < -0.3 is 5.73 Å². The van der Waals surface area contributed by atoms with Gasteiger partial charge in [-0.05, 0) is 24.0 Å². The van der Waals surface area contributed by atoms with Crippen LogP contribution in [0.4, 0.5) is 0 Å². The fourth-order valence-corrected chi connectivity index (χ4v) is 2.75. The highest BCUT2D eigenvalue weighted by Crippen LogP contribution is 2.33. The molecule has 84 valence electrons. The Morgan fingerprint density at radius 2 is 1.88 bits per heavy atom. The third kappa shape index (κ3) is 1.68. The maximum atomic E-state index is 5.95. The molecular formula is C14H18N2. The van der Waals surface area contributed by atoms with E-state index in [1.165, 1.54) is 11.1 Å². The maximum Gasteiger partial charge on any atom is 0.0540 e. The number of nitrogens with two attached hydrogens (primary N) is 1. The predicted molar refractivity (Wildman–Crippen MR) is 67.0 cm³/mol. The molecule has 2 nitrogen and oxygen atoms in total. The van der Waals surface area contributed by atoms with Gasteiger partial charge in [-0.3, -0.25) is 4.90 Å². The molecular weight excluding hydrogens is 196 g/mol. The van der Waals surface area contributed by atoms with E-state index >= 15 is 0 Å². The standard InChI is InChI=1S/C14H18N2/c15-12-7-9-16(10-8-12)14-6-5-11-3-1-2-4-13(11)14/h1-6,12,14H,7-10,15H2. The normalized spacial score (nSPS) is 25.9. The first kappa shape index (κ1) is 10.1. The molecule has 0 bridgehead atoms. The lowest BCUT2D eigenvalue weighted by Crippen LogP contribution is -2.40. The van der Waals surface area contributed by atoms with Crippen LogP contribution in [0.3, 0.4) is 0 Å². The summed E-state index contributed by atoms with van der Waals surface area (Å²) in [7, 11) is 0. The molecule has 1 heterocycles. The molecule has 1 aromatic carbocycles. The fourth-order valence-electron chi connectivity index (χ4n) is 2.75. The second-order valence-electron chi connectivity index (χ2n) is 4.81. The Bertz CT molecular complexity index is 403. The van der Waals surface area contributed by atoms with Crippen molar-refractivity contribution in [2.45, 2.75) is 24.9 Å². The van der Waals surface area contributed by atoms with Crippen molar-refractivity contribution in [2.75, 3.05) is 13.1 Å². The zero-order valence-corrected chi connectivity index (χ0v) is 9.47. The molecule has 3 rings (SSSR count). The minimum absolute atomic E-state index is 0.414. The number of likely N-dealkylation sites (tertiary alicyclic amines) is 1. The van der Waals surface area contributed by atoms with Crippen molar-refractivity contribution in [1.29, 1.82) is 0 Å². The van der Waals surface area contributed by atoms with E-state index in [2.05, 4.69) is 41.3 Å². The fraction of sp³-hybridized carbons (Fsp3) is 0.429. The Hall–Kier alpha value is -1.12. The van der Waals surface area contributed by atoms with Crippen LogP contribution in [0, 0.1) is 0 Å². The van der Waals surface area contributed by atoms with Gasteiger partial charge in [0.1, 0.15) is 0 Å². The van der Waals surface area contributed by atoms with Crippen molar-refractivity contribution in [3.63, 3.8) is 0 Å². The lowest BCUT2D eigenvalue weighted by molar-refractivity contribution is 0.181. The van der Waals surface area contributed by atoms with Crippen molar-refractivity contribution in [2.24, 2.45) is 5.73 Å². The molecule has 0 saturated carbocycles. The number of piperidine rings is 1. The number of nitrogens with zero attached hydrogens (tertiary/aromatic N) is 1. The van der Waals surface area contributed by atoms with Crippen LogP contribution in [0.25, 0.3) is 6.08 Å². The van der Waals surface area contributed by atoms with Gasteiger partial charge in [0.05, 0.1) is 6.04 Å². The Balaban J connectivity index is 1.80. The number of hydrogen-bond donors (Lipinski definition) is 1. The summed E-state index contributed by atoms with van der Waals surface area (Å²) in [5.41, 5.74) is 8.78. The minimum atomic E-state index is 0.414. The summed E-state index contributed by atoms with van der Waals surface area (Å²) in [6, 6.07) is 9.59. The molecule has 2 N–H and O–H groups in total. The van der Waals surface area contributed by atoms with Crippen molar-refractivity contribution < 1.29 is 0 Å². The lowest BCUT2D eigenvalue weighted by atomic mass is 10.0. The molecule has 0 aromatic heterocycles. The molecule has 1 aliphatic carbocycles. The van der Waals surface area contributed by atoms with Crippen LogP contribution in [-0.4, -0.2) is 24.0 Å². The first-order valence-electron chi connectivity index (χ1n) is 6.11. The van der Waals surface area contributed by atoms with Gasteiger partial charge in [-0.25, -0.2) is 0 Å². The van der Waals surface area contributed by atoms with Gasteiger partial charge >= 0.3 is 0 Å². The van der Waals surface area contributed by atoms with E-state index in [9.17, 15) is 0 Å². The summed E-state index contributed by atoms with van der Waals surface area (Å²) in [6.07, 6.45) is 6.83. The molecule has 1 atom stereocenters. The number of fused-ring (bicyclic) bond motifs is 1. The topological polar surface area (TPSA) is 29.3 Å². The Kier molecular flexibility index (Phi) is 2.54. The number of hydrogen-bond acceptors (Lipinski definition) is 2. The van der Waals surface area contributed by atoms with Crippen LogP contribution in [0.1, 0.15) is 30.0 Å². The van der Waals surface area contributed by atoms with Crippen LogP contribution in [0.15, 0.2) is 30.3 Å². The van der Waals surface area contributed by atoms with Crippen LogP contribution in [0.2, 0.25) is 0 Å². The first-order valence-corrected chi connectivity index (χ1v) is 6.11. The zero-order chi connectivity index (χ0) is 11.0. The quantitative estimate of drug-likeness (QED) is 0.776. The third-order valence-electron chi connectivity index (χ3n) is 3.74. The highest BCUT2D eigenvalue weighted by atomic mass is 15.2. The molecule has 0 amide bonds. The van der Waals surface area contributed by atoms with Crippen molar-refractivity contribution in [3.05, 3.63) is 41.5 Å². The highest BCUT2D eigenvalue weighted by Gasteiger charge is 2.26. The van der Waals surface area contributed by atoms with Crippen molar-refractivity contribution >= 4 is 6.08 Å². The second kappa shape index (κ2) is 4.04. The van der Waals surface area contributed by atoms with Gasteiger partial charge in [0.15, 0.2) is 0 Å². The van der Waals surface area contributed by atoms with Crippen molar-refractivity contribution in [1.82, 2.24) is 4.90 Å². The maximum absolute atomic E-state index is 5.95. The third-order valence-corrected chi connectivity index (χ3v) is 3.74. The molecule has 1 unspecified atom stereocenters. The van der Waals surface area contributed by atoms with Gasteiger partial charge in [-0.15, -0.1) is 0 Å². The Morgan fingerprint density at radius 1 is 1.12 bits per heavy atom. The van der Waals surface area contributed by atoms with Crippen LogP contribution < -0.4 is 5.73 Å². The molecule has 1 aromatic rings. The van der Waals surface area contributed by atoms with Crippen LogP contribution in [0.5, 0.6) is 0 Å². The molecule has 2 aliphatic rings. The lowest BCUT2D eigenvalue weighted by Gasteiger charge is -2.34. The Morgan fingerprint density at radius 3 is 2.69 bits per heavy atom. The van der Waals surface area contributed by atoms with E-state index in [4.69, 9.17) is 5.73 Å². The zero-order valence-electron chi connectivity index (χ0n) is 9.47. The van der Waals surface area contributed by atoms with E-state index < -0.39 is 0 Å². The van der Waals surface area contributed by atoms with Gasteiger partial charge in [-0.1, -0.05) is 36.4 Å². The van der Waals surface area contributed by atoms with Crippen LogP contribution >= 0.6 is 0 Å². The van der Waals surface area contributed by atoms with Gasteiger partial charge in [-0.2, -0.15) is 0 Å². The molecule has 16 heavy (non-hydrogen) atoms. The van der Waals surface area contributed by atoms with E-state index in [1.54, 1.807) is 0 Å². The summed E-state index contributed by atoms with van der Waals surface area (Å²) in [4.78, 5) is 2.55. The van der Waals surface area contributed by atoms with Crippen LogP contribution in [-0.2, 0) is 0 Å². The monoisotopic (exact) mass is 214 g/mol. The highest BCUT2D eigenvalue weighted by molar-refractivity contribution is 5.61. The second-order valence-corrected chi connectivity index (χ2v) is 4.81. The summed E-state index contributed by atoms with van der Waals surface area (Å²) >= 11 is 0. The van der Waals surface area contributed by atoms with Gasteiger partial charge in [0.2, 0.25) is 0 Å². The smallest absolute Gasteiger partial charge is 0.0540 e. The van der Waals surface area contributed by atoms with E-state index in [0.29, 0.717) is 12.1 Å².